The van der Waals surface area contributed by atoms with Crippen molar-refractivity contribution in [2.24, 2.45) is 5.92 Å². The molecular weight excluding hydrogens is 589 g/mol. The molecule has 0 aromatic heterocycles. The molecule has 46 heavy (non-hydrogen) atoms. The molecule has 0 spiro atoms. The summed E-state index contributed by atoms with van der Waals surface area (Å²) in [5, 5.41) is 0. The quantitative estimate of drug-likeness (QED) is 0.0484. The molecule has 0 rings (SSSR count). The molecule has 0 aromatic rings. The Hall–Kier alpha value is -0.710. The fraction of sp³-hybridized carbons (Fsp3) is 0.951. The first-order chi connectivity index (χ1) is 22.7. The second-order valence-corrected chi connectivity index (χ2v) is 15.1. The van der Waals surface area contributed by atoms with Crippen molar-refractivity contribution in [3.8, 4) is 0 Å². The van der Waals surface area contributed by atoms with E-state index >= 15 is 0 Å². The third kappa shape index (κ3) is 34.6. The van der Waals surface area contributed by atoms with E-state index in [-0.39, 0.29) is 18.4 Å². The molecule has 1 unspecified atom stereocenters. The van der Waals surface area contributed by atoms with Crippen LogP contribution in [0.25, 0.3) is 0 Å². The standard InChI is InChI=1S/C41H80O4S/c1-4-7-10-13-16-19-22-25-28-31-34-44-40(42)37-39(38-46-36-33-30-27-24-21-18-15-12-9-6-3)41(43)45-35-32-29-26-23-20-17-14-11-8-5-2/h39H,4-38H2,1-3H3. The van der Waals surface area contributed by atoms with E-state index in [4.69, 9.17) is 9.47 Å². The normalized spacial score (nSPS) is 12.0. The van der Waals surface area contributed by atoms with E-state index in [9.17, 15) is 9.59 Å². The van der Waals surface area contributed by atoms with E-state index < -0.39 is 5.92 Å². The number of thioether (sulfide) groups is 1. The maximum absolute atomic E-state index is 13.0. The molecule has 0 saturated heterocycles. The van der Waals surface area contributed by atoms with Gasteiger partial charge in [-0.15, -0.1) is 0 Å². The number of unbranched alkanes of at least 4 members (excludes halogenated alkanes) is 27. The number of hydrogen-bond donors (Lipinski definition) is 0. The second-order valence-electron chi connectivity index (χ2n) is 13.9. The van der Waals surface area contributed by atoms with Crippen LogP contribution in [0.3, 0.4) is 0 Å². The van der Waals surface area contributed by atoms with Gasteiger partial charge >= 0.3 is 11.9 Å². The number of rotatable bonds is 38. The predicted molar refractivity (Wildman–Crippen MR) is 203 cm³/mol. The summed E-state index contributed by atoms with van der Waals surface area (Å²) in [5.74, 6) is 0.865. The lowest BCUT2D eigenvalue weighted by molar-refractivity contribution is -0.154. The fourth-order valence-corrected chi connectivity index (χ4v) is 7.16. The molecule has 1 atom stereocenters. The van der Waals surface area contributed by atoms with Crippen molar-refractivity contribution in [3.05, 3.63) is 0 Å². The van der Waals surface area contributed by atoms with Crippen LogP contribution in [0.15, 0.2) is 0 Å². The van der Waals surface area contributed by atoms with Crippen molar-refractivity contribution in [1.82, 2.24) is 0 Å². The van der Waals surface area contributed by atoms with Gasteiger partial charge in [-0.25, -0.2) is 0 Å². The second kappa shape index (κ2) is 38.7. The van der Waals surface area contributed by atoms with Crippen LogP contribution in [-0.4, -0.2) is 36.7 Å². The van der Waals surface area contributed by atoms with Crippen molar-refractivity contribution in [1.29, 1.82) is 0 Å². The van der Waals surface area contributed by atoms with Gasteiger partial charge in [0.05, 0.1) is 25.6 Å². The first-order valence-electron chi connectivity index (χ1n) is 20.6. The van der Waals surface area contributed by atoms with Gasteiger partial charge in [-0.2, -0.15) is 11.8 Å². The Balaban J connectivity index is 4.22. The van der Waals surface area contributed by atoms with E-state index in [1.165, 1.54) is 167 Å². The highest BCUT2D eigenvalue weighted by Gasteiger charge is 2.24. The van der Waals surface area contributed by atoms with Gasteiger partial charge in [-0.05, 0) is 25.0 Å². The summed E-state index contributed by atoms with van der Waals surface area (Å²) in [6, 6.07) is 0. The van der Waals surface area contributed by atoms with E-state index in [0.717, 1.165) is 31.4 Å². The maximum Gasteiger partial charge on any atom is 0.310 e. The van der Waals surface area contributed by atoms with E-state index in [1.54, 1.807) is 11.8 Å². The van der Waals surface area contributed by atoms with Gasteiger partial charge in [0.25, 0.3) is 0 Å². The highest BCUT2D eigenvalue weighted by molar-refractivity contribution is 7.99. The minimum atomic E-state index is -0.392. The average Bonchev–Trinajstić information content (AvgIpc) is 3.06. The van der Waals surface area contributed by atoms with Gasteiger partial charge in [0.1, 0.15) is 0 Å². The SMILES string of the molecule is CCCCCCCCCCCCOC(=O)CC(CSCCCCCCCCCCCC)C(=O)OCCCCCCCCCCCC. The number of carbonyl (C=O) groups is 2. The van der Waals surface area contributed by atoms with E-state index in [1.807, 2.05) is 0 Å². The lowest BCUT2D eigenvalue weighted by atomic mass is 10.1. The summed E-state index contributed by atoms with van der Waals surface area (Å²) >= 11 is 1.81. The van der Waals surface area contributed by atoms with Gasteiger partial charge in [-0.3, -0.25) is 9.59 Å². The van der Waals surface area contributed by atoms with Gasteiger partial charge in [0.2, 0.25) is 0 Å². The molecule has 0 aliphatic heterocycles. The number of ether oxygens (including phenoxy) is 2. The van der Waals surface area contributed by atoms with Crippen molar-refractivity contribution in [3.63, 3.8) is 0 Å². The van der Waals surface area contributed by atoms with Crippen LogP contribution in [0.1, 0.15) is 220 Å². The van der Waals surface area contributed by atoms with Gasteiger partial charge < -0.3 is 9.47 Å². The largest absolute Gasteiger partial charge is 0.466 e. The minimum absolute atomic E-state index is 0.152. The molecule has 274 valence electrons. The molecule has 0 saturated carbocycles. The summed E-state index contributed by atoms with van der Waals surface area (Å²) in [6.45, 7) is 7.74. The van der Waals surface area contributed by atoms with E-state index in [2.05, 4.69) is 20.8 Å². The Labute approximate surface area is 292 Å². The lowest BCUT2D eigenvalue weighted by Gasteiger charge is -2.16. The van der Waals surface area contributed by atoms with Gasteiger partial charge in [-0.1, -0.05) is 194 Å². The Morgan fingerprint density at radius 3 is 1.15 bits per heavy atom. The summed E-state index contributed by atoms with van der Waals surface area (Å²) in [4.78, 5) is 25.6. The lowest BCUT2D eigenvalue weighted by Crippen LogP contribution is -2.25. The molecule has 0 aromatic carbocycles. The fourth-order valence-electron chi connectivity index (χ4n) is 6.04. The molecule has 0 heterocycles. The summed E-state index contributed by atoms with van der Waals surface area (Å²) in [5.41, 5.74) is 0. The molecule has 0 fully saturated rings. The zero-order valence-corrected chi connectivity index (χ0v) is 32.2. The summed E-state index contributed by atoms with van der Waals surface area (Å²) in [7, 11) is 0. The van der Waals surface area contributed by atoms with Crippen molar-refractivity contribution in [2.75, 3.05) is 24.7 Å². The van der Waals surface area contributed by atoms with Crippen LogP contribution >= 0.6 is 11.8 Å². The predicted octanol–water partition coefficient (Wildman–Crippen LogP) is 13.6. The van der Waals surface area contributed by atoms with Crippen LogP contribution in [0.2, 0.25) is 0 Å². The maximum atomic E-state index is 13.0. The van der Waals surface area contributed by atoms with Crippen LogP contribution in [-0.2, 0) is 19.1 Å². The van der Waals surface area contributed by atoms with Crippen molar-refractivity contribution < 1.29 is 19.1 Å². The molecule has 0 amide bonds. The Morgan fingerprint density at radius 1 is 0.435 bits per heavy atom. The minimum Gasteiger partial charge on any atom is -0.466 e. The Morgan fingerprint density at radius 2 is 0.761 bits per heavy atom. The van der Waals surface area contributed by atoms with Crippen LogP contribution in [0.4, 0.5) is 0 Å². The number of hydrogen-bond acceptors (Lipinski definition) is 5. The molecule has 0 bridgehead atoms. The van der Waals surface area contributed by atoms with Gasteiger partial charge in [0, 0.05) is 5.75 Å². The zero-order valence-electron chi connectivity index (χ0n) is 31.4. The van der Waals surface area contributed by atoms with Crippen molar-refractivity contribution >= 4 is 23.7 Å². The number of carbonyl (C=O) groups excluding carboxylic acids is 2. The molecule has 0 radical (unpaired) electrons. The molecule has 0 aliphatic carbocycles. The molecule has 0 N–H and O–H groups in total. The zero-order chi connectivity index (χ0) is 33.6. The topological polar surface area (TPSA) is 52.6 Å². The first kappa shape index (κ1) is 45.3. The van der Waals surface area contributed by atoms with Crippen LogP contribution in [0, 0.1) is 5.92 Å². The van der Waals surface area contributed by atoms with E-state index in [0.29, 0.717) is 19.0 Å². The monoisotopic (exact) mass is 669 g/mol. The molecule has 5 heteroatoms. The van der Waals surface area contributed by atoms with Crippen LogP contribution in [0.5, 0.6) is 0 Å². The third-order valence-corrected chi connectivity index (χ3v) is 10.4. The molecule has 4 nitrogen and oxygen atoms in total. The highest BCUT2D eigenvalue weighted by Crippen LogP contribution is 2.19. The van der Waals surface area contributed by atoms with Crippen molar-refractivity contribution in [2.45, 2.75) is 220 Å². The molecular formula is C41H80O4S. The number of esters is 2. The highest BCUT2D eigenvalue weighted by atomic mass is 32.2. The Kier molecular flexibility index (Phi) is 38.1. The summed E-state index contributed by atoms with van der Waals surface area (Å²) in [6.07, 6.45) is 38.7. The molecule has 0 aliphatic rings. The Bertz CT molecular complexity index is 626. The first-order valence-corrected chi connectivity index (χ1v) is 21.7. The summed E-state index contributed by atoms with van der Waals surface area (Å²) < 4.78 is 11.2. The van der Waals surface area contributed by atoms with Gasteiger partial charge in [0.15, 0.2) is 0 Å². The smallest absolute Gasteiger partial charge is 0.310 e. The average molecular weight is 669 g/mol. The third-order valence-electron chi connectivity index (χ3n) is 9.21. The van der Waals surface area contributed by atoms with Crippen LogP contribution < -0.4 is 0 Å².